The van der Waals surface area contributed by atoms with Gasteiger partial charge in [0.05, 0.1) is 31.9 Å². The van der Waals surface area contributed by atoms with Gasteiger partial charge in [0, 0.05) is 24.5 Å². The van der Waals surface area contributed by atoms with Gasteiger partial charge in [0.1, 0.15) is 11.1 Å². The lowest BCUT2D eigenvalue weighted by molar-refractivity contribution is -0.119. The number of thiophene rings is 1. The Balaban J connectivity index is 1.44. The zero-order valence-corrected chi connectivity index (χ0v) is 17.0. The number of ether oxygens (including phenoxy) is 1. The van der Waals surface area contributed by atoms with Gasteiger partial charge in [0.25, 0.3) is 0 Å². The number of benzene rings is 1. The summed E-state index contributed by atoms with van der Waals surface area (Å²) in [5.74, 6) is -0.470. The average molecular weight is 414 g/mol. The monoisotopic (exact) mass is 413 g/mol. The van der Waals surface area contributed by atoms with Crippen LogP contribution in [-0.2, 0) is 14.3 Å². The van der Waals surface area contributed by atoms with Crippen molar-refractivity contribution in [3.63, 3.8) is 0 Å². The van der Waals surface area contributed by atoms with Crippen LogP contribution in [0.1, 0.15) is 5.56 Å². The zero-order chi connectivity index (χ0) is 20.6. The summed E-state index contributed by atoms with van der Waals surface area (Å²) in [6, 6.07) is 11.4. The number of amides is 2. The van der Waals surface area contributed by atoms with Crippen molar-refractivity contribution in [2.24, 2.45) is 0 Å². The minimum atomic E-state index is -0.269. The van der Waals surface area contributed by atoms with Crippen molar-refractivity contribution in [2.75, 3.05) is 62.0 Å². The normalized spacial score (nSPS) is 13.8. The lowest BCUT2D eigenvalue weighted by atomic mass is 10.2. The third-order valence-electron chi connectivity index (χ3n) is 4.39. The number of likely N-dealkylation sites (N-methyl/N-ethyl adjacent to an activating group) is 1. The third-order valence-corrected chi connectivity index (χ3v) is 5.22. The first-order valence-corrected chi connectivity index (χ1v) is 10.1. The van der Waals surface area contributed by atoms with Crippen LogP contribution in [0.25, 0.3) is 0 Å². The fourth-order valence-corrected chi connectivity index (χ4v) is 3.74. The number of rotatable bonds is 7. The summed E-state index contributed by atoms with van der Waals surface area (Å²) in [6.07, 6.45) is 0. The third kappa shape index (κ3) is 6.02. The molecule has 0 atom stereocenters. The lowest BCUT2D eigenvalue weighted by Gasteiger charge is -2.28. The molecule has 2 N–H and O–H groups in total. The van der Waals surface area contributed by atoms with Crippen molar-refractivity contribution in [1.29, 1.82) is 5.26 Å². The standard InChI is InChI=1S/C20H23N5O3S/c1-24(14-19(27)23-20-15(12-21)6-11-29-20)13-18(26)22-16-2-4-17(5-3-16)25-7-9-28-10-8-25/h2-6,11H,7-10,13-14H2,1H3,(H,22,26)(H,23,27). The molecule has 1 fully saturated rings. The number of hydrogen-bond donors (Lipinski definition) is 2. The van der Waals surface area contributed by atoms with E-state index in [0.29, 0.717) is 16.3 Å². The zero-order valence-electron chi connectivity index (χ0n) is 16.2. The molecule has 2 heterocycles. The maximum atomic E-state index is 12.3. The molecule has 1 aliphatic heterocycles. The van der Waals surface area contributed by atoms with Gasteiger partial charge in [0.2, 0.25) is 11.8 Å². The van der Waals surface area contributed by atoms with Crippen LogP contribution < -0.4 is 15.5 Å². The van der Waals surface area contributed by atoms with Crippen LogP contribution >= 0.6 is 11.3 Å². The van der Waals surface area contributed by atoms with Gasteiger partial charge >= 0.3 is 0 Å². The number of nitrogens with one attached hydrogen (secondary N) is 2. The molecule has 0 spiro atoms. The Hall–Kier alpha value is -2.93. The number of morpholine rings is 1. The van der Waals surface area contributed by atoms with Crippen LogP contribution in [0, 0.1) is 11.3 Å². The molecule has 0 radical (unpaired) electrons. The van der Waals surface area contributed by atoms with Crippen LogP contribution in [0.3, 0.4) is 0 Å². The molecule has 29 heavy (non-hydrogen) atoms. The second-order valence-corrected chi connectivity index (χ2v) is 7.61. The number of anilines is 3. The van der Waals surface area contributed by atoms with Crippen LogP contribution in [0.5, 0.6) is 0 Å². The lowest BCUT2D eigenvalue weighted by Crippen LogP contribution is -2.36. The summed E-state index contributed by atoms with van der Waals surface area (Å²) in [7, 11) is 1.69. The first-order chi connectivity index (χ1) is 14.0. The van der Waals surface area contributed by atoms with E-state index in [9.17, 15) is 9.59 Å². The highest BCUT2D eigenvalue weighted by molar-refractivity contribution is 7.14. The van der Waals surface area contributed by atoms with E-state index < -0.39 is 0 Å². The van der Waals surface area contributed by atoms with Crippen LogP contribution in [0.2, 0.25) is 0 Å². The summed E-state index contributed by atoms with van der Waals surface area (Å²) < 4.78 is 5.36. The largest absolute Gasteiger partial charge is 0.378 e. The highest BCUT2D eigenvalue weighted by Crippen LogP contribution is 2.22. The minimum Gasteiger partial charge on any atom is -0.378 e. The molecule has 1 aromatic carbocycles. The van der Waals surface area contributed by atoms with Gasteiger partial charge in [-0.15, -0.1) is 11.3 Å². The van der Waals surface area contributed by atoms with Gasteiger partial charge in [-0.25, -0.2) is 0 Å². The molecular weight excluding hydrogens is 390 g/mol. The Bertz CT molecular complexity index is 884. The van der Waals surface area contributed by atoms with E-state index >= 15 is 0 Å². The van der Waals surface area contributed by atoms with E-state index in [0.717, 1.165) is 32.0 Å². The fraction of sp³-hybridized carbons (Fsp3) is 0.350. The van der Waals surface area contributed by atoms with Gasteiger partial charge in [-0.05, 0) is 42.8 Å². The van der Waals surface area contributed by atoms with Gasteiger partial charge < -0.3 is 20.3 Å². The second-order valence-electron chi connectivity index (χ2n) is 6.69. The molecule has 152 valence electrons. The summed E-state index contributed by atoms with van der Waals surface area (Å²) >= 11 is 1.29. The van der Waals surface area contributed by atoms with Gasteiger partial charge in [-0.1, -0.05) is 0 Å². The van der Waals surface area contributed by atoms with Crippen LogP contribution in [0.4, 0.5) is 16.4 Å². The van der Waals surface area contributed by atoms with E-state index in [1.165, 1.54) is 11.3 Å². The molecule has 3 rings (SSSR count). The average Bonchev–Trinajstić information content (AvgIpc) is 3.15. The molecular formula is C20H23N5O3S. The molecule has 9 heteroatoms. The van der Waals surface area contributed by atoms with Gasteiger partial charge in [0.15, 0.2) is 0 Å². The summed E-state index contributed by atoms with van der Waals surface area (Å²) in [6.45, 7) is 3.30. The van der Waals surface area contributed by atoms with Crippen LogP contribution in [-0.4, -0.2) is 63.2 Å². The Labute approximate surface area is 173 Å². The number of nitrogens with zero attached hydrogens (tertiary/aromatic N) is 3. The quantitative estimate of drug-likeness (QED) is 0.720. The molecule has 0 aliphatic carbocycles. The molecule has 1 saturated heterocycles. The molecule has 0 saturated carbocycles. The Kier molecular flexibility index (Phi) is 7.19. The number of nitriles is 1. The molecule has 8 nitrogen and oxygen atoms in total. The SMILES string of the molecule is CN(CC(=O)Nc1ccc(N2CCOCC2)cc1)CC(=O)Nc1sccc1C#N. The maximum Gasteiger partial charge on any atom is 0.239 e. The molecule has 2 aromatic rings. The molecule has 0 unspecified atom stereocenters. The van der Waals surface area contributed by atoms with E-state index in [2.05, 4.69) is 15.5 Å². The number of hydrogen-bond acceptors (Lipinski definition) is 7. The van der Waals surface area contributed by atoms with Crippen molar-refractivity contribution < 1.29 is 14.3 Å². The Morgan fingerprint density at radius 3 is 2.45 bits per heavy atom. The Morgan fingerprint density at radius 2 is 1.79 bits per heavy atom. The second kappa shape index (κ2) is 10.0. The smallest absolute Gasteiger partial charge is 0.239 e. The highest BCUT2D eigenvalue weighted by atomic mass is 32.1. The van der Waals surface area contributed by atoms with Crippen molar-refractivity contribution in [3.05, 3.63) is 41.3 Å². The van der Waals surface area contributed by atoms with Crippen LogP contribution in [0.15, 0.2) is 35.7 Å². The van der Waals surface area contributed by atoms with Gasteiger partial charge in [-0.3, -0.25) is 14.5 Å². The molecule has 2 amide bonds. The molecule has 1 aliphatic rings. The topological polar surface area (TPSA) is 97.7 Å². The van der Waals surface area contributed by atoms with E-state index in [1.54, 1.807) is 23.4 Å². The summed E-state index contributed by atoms with van der Waals surface area (Å²) in [5, 5.41) is 16.8. The first kappa shape index (κ1) is 20.8. The van der Waals surface area contributed by atoms with Crippen molar-refractivity contribution in [1.82, 2.24) is 4.90 Å². The van der Waals surface area contributed by atoms with E-state index in [4.69, 9.17) is 10.00 Å². The summed E-state index contributed by atoms with van der Waals surface area (Å²) in [5.41, 5.74) is 2.25. The number of carbonyl (C=O) groups is 2. The molecule has 0 bridgehead atoms. The predicted molar refractivity (Wildman–Crippen MR) is 113 cm³/mol. The Morgan fingerprint density at radius 1 is 1.14 bits per heavy atom. The van der Waals surface area contributed by atoms with Crippen molar-refractivity contribution in [2.45, 2.75) is 0 Å². The van der Waals surface area contributed by atoms with E-state index in [1.807, 2.05) is 30.3 Å². The maximum absolute atomic E-state index is 12.3. The fourth-order valence-electron chi connectivity index (χ4n) is 2.98. The highest BCUT2D eigenvalue weighted by Gasteiger charge is 2.14. The minimum absolute atomic E-state index is 0.0478. The van der Waals surface area contributed by atoms with Crippen molar-refractivity contribution in [3.8, 4) is 6.07 Å². The number of carbonyl (C=O) groups excluding carboxylic acids is 2. The van der Waals surface area contributed by atoms with Crippen molar-refractivity contribution >= 4 is 39.5 Å². The van der Waals surface area contributed by atoms with Gasteiger partial charge in [-0.2, -0.15) is 5.26 Å². The molecule has 1 aromatic heterocycles. The first-order valence-electron chi connectivity index (χ1n) is 9.24. The predicted octanol–water partition coefficient (Wildman–Crippen LogP) is 1.97. The summed E-state index contributed by atoms with van der Waals surface area (Å²) in [4.78, 5) is 28.2. The van der Waals surface area contributed by atoms with E-state index in [-0.39, 0.29) is 24.9 Å².